The number of hydrogen-bond donors (Lipinski definition) is 2. The van der Waals surface area contributed by atoms with Crippen molar-refractivity contribution in [2.24, 2.45) is 5.92 Å². The third-order valence-corrected chi connectivity index (χ3v) is 3.90. The minimum Gasteiger partial charge on any atom is -0.480 e. The fraction of sp³-hybridized carbons (Fsp3) is 0.923. The van der Waals surface area contributed by atoms with Gasteiger partial charge in [-0.1, -0.05) is 19.8 Å². The van der Waals surface area contributed by atoms with Crippen LogP contribution in [0.4, 0.5) is 0 Å². The number of rotatable bonds is 7. The summed E-state index contributed by atoms with van der Waals surface area (Å²) in [4.78, 5) is 11.5. The molecule has 100 valence electrons. The van der Waals surface area contributed by atoms with Crippen molar-refractivity contribution in [3.8, 4) is 0 Å². The molecule has 17 heavy (non-hydrogen) atoms. The van der Waals surface area contributed by atoms with E-state index >= 15 is 0 Å². The van der Waals surface area contributed by atoms with E-state index in [0.29, 0.717) is 0 Å². The van der Waals surface area contributed by atoms with Crippen molar-refractivity contribution in [1.82, 2.24) is 5.32 Å². The molecule has 2 atom stereocenters. The van der Waals surface area contributed by atoms with E-state index in [1.54, 1.807) is 7.11 Å². The van der Waals surface area contributed by atoms with E-state index in [1.165, 1.54) is 0 Å². The van der Waals surface area contributed by atoms with Crippen LogP contribution in [0.25, 0.3) is 0 Å². The topological polar surface area (TPSA) is 58.6 Å². The van der Waals surface area contributed by atoms with Crippen LogP contribution in [-0.2, 0) is 9.53 Å². The summed E-state index contributed by atoms with van der Waals surface area (Å²) in [6.45, 7) is 3.56. The SMILES string of the molecule is COCCCCNC1(C(=O)O)CCCCC1C. The summed E-state index contributed by atoms with van der Waals surface area (Å²) in [5.74, 6) is -0.465. The van der Waals surface area contributed by atoms with E-state index in [9.17, 15) is 9.90 Å². The van der Waals surface area contributed by atoms with Gasteiger partial charge in [0.15, 0.2) is 0 Å². The van der Waals surface area contributed by atoms with Gasteiger partial charge in [-0.25, -0.2) is 0 Å². The molecule has 0 radical (unpaired) electrons. The molecule has 2 unspecified atom stereocenters. The first-order chi connectivity index (χ1) is 8.13. The largest absolute Gasteiger partial charge is 0.480 e. The van der Waals surface area contributed by atoms with Crippen molar-refractivity contribution < 1.29 is 14.6 Å². The average molecular weight is 243 g/mol. The Bertz CT molecular complexity index is 245. The minimum atomic E-state index is -0.689. The van der Waals surface area contributed by atoms with Crippen LogP contribution in [0.2, 0.25) is 0 Å². The van der Waals surface area contributed by atoms with Crippen molar-refractivity contribution in [2.45, 2.75) is 51.0 Å². The molecule has 0 aromatic heterocycles. The summed E-state index contributed by atoms with van der Waals surface area (Å²) >= 11 is 0. The molecule has 0 spiro atoms. The molecule has 1 aliphatic carbocycles. The fourth-order valence-corrected chi connectivity index (χ4v) is 2.69. The van der Waals surface area contributed by atoms with E-state index < -0.39 is 11.5 Å². The molecule has 0 amide bonds. The number of carboxylic acids is 1. The molecule has 1 fully saturated rings. The zero-order valence-electron chi connectivity index (χ0n) is 11.0. The smallest absolute Gasteiger partial charge is 0.324 e. The van der Waals surface area contributed by atoms with Gasteiger partial charge in [-0.3, -0.25) is 4.79 Å². The van der Waals surface area contributed by atoms with Crippen LogP contribution in [0.5, 0.6) is 0 Å². The van der Waals surface area contributed by atoms with Crippen LogP contribution in [0.3, 0.4) is 0 Å². The predicted molar refractivity (Wildman–Crippen MR) is 67.1 cm³/mol. The van der Waals surface area contributed by atoms with Gasteiger partial charge in [-0.05, 0) is 38.1 Å². The lowest BCUT2D eigenvalue weighted by atomic mass is 9.73. The standard InChI is InChI=1S/C13H25NO3/c1-11-7-3-4-8-13(11,12(15)16)14-9-5-6-10-17-2/h11,14H,3-10H2,1-2H3,(H,15,16). The molecular weight excluding hydrogens is 218 g/mol. The molecule has 1 saturated carbocycles. The third-order valence-electron chi connectivity index (χ3n) is 3.90. The first-order valence-electron chi connectivity index (χ1n) is 6.61. The highest BCUT2D eigenvalue weighted by atomic mass is 16.5. The van der Waals surface area contributed by atoms with Gasteiger partial charge < -0.3 is 15.2 Å². The second kappa shape index (κ2) is 6.97. The maximum atomic E-state index is 11.5. The van der Waals surface area contributed by atoms with E-state index in [2.05, 4.69) is 12.2 Å². The zero-order valence-corrected chi connectivity index (χ0v) is 11.0. The second-order valence-electron chi connectivity index (χ2n) is 5.05. The van der Waals surface area contributed by atoms with E-state index in [0.717, 1.165) is 51.7 Å². The highest BCUT2D eigenvalue weighted by Crippen LogP contribution is 2.33. The van der Waals surface area contributed by atoms with E-state index in [4.69, 9.17) is 4.74 Å². The Labute approximate surface area is 104 Å². The van der Waals surface area contributed by atoms with Gasteiger partial charge in [-0.15, -0.1) is 0 Å². The number of hydrogen-bond acceptors (Lipinski definition) is 3. The summed E-state index contributed by atoms with van der Waals surface area (Å²) < 4.78 is 4.98. The first-order valence-corrected chi connectivity index (χ1v) is 6.61. The van der Waals surface area contributed by atoms with Crippen molar-refractivity contribution in [3.05, 3.63) is 0 Å². The number of unbranched alkanes of at least 4 members (excludes halogenated alkanes) is 1. The van der Waals surface area contributed by atoms with Crippen LogP contribution in [-0.4, -0.2) is 36.9 Å². The Morgan fingerprint density at radius 1 is 1.47 bits per heavy atom. The molecule has 1 rings (SSSR count). The lowest BCUT2D eigenvalue weighted by Gasteiger charge is -2.40. The molecular formula is C13H25NO3. The summed E-state index contributed by atoms with van der Waals surface area (Å²) in [6.07, 6.45) is 5.89. The fourth-order valence-electron chi connectivity index (χ4n) is 2.69. The van der Waals surface area contributed by atoms with Gasteiger partial charge in [0.25, 0.3) is 0 Å². The Morgan fingerprint density at radius 3 is 2.82 bits per heavy atom. The summed E-state index contributed by atoms with van der Waals surface area (Å²) in [7, 11) is 1.69. The molecule has 0 aromatic rings. The predicted octanol–water partition coefficient (Wildman–Crippen LogP) is 2.04. The van der Waals surface area contributed by atoms with Crippen molar-refractivity contribution in [1.29, 1.82) is 0 Å². The van der Waals surface area contributed by atoms with Crippen LogP contribution in [0.1, 0.15) is 45.4 Å². The molecule has 0 saturated heterocycles. The zero-order chi connectivity index (χ0) is 12.7. The molecule has 2 N–H and O–H groups in total. The Morgan fingerprint density at radius 2 is 2.24 bits per heavy atom. The monoisotopic (exact) mass is 243 g/mol. The summed E-state index contributed by atoms with van der Waals surface area (Å²) in [6, 6.07) is 0. The van der Waals surface area contributed by atoms with Crippen LogP contribution < -0.4 is 5.32 Å². The molecule has 0 aromatic carbocycles. The van der Waals surface area contributed by atoms with Gasteiger partial charge in [0, 0.05) is 13.7 Å². The summed E-state index contributed by atoms with van der Waals surface area (Å²) in [5.41, 5.74) is -0.689. The van der Waals surface area contributed by atoms with Gasteiger partial charge >= 0.3 is 5.97 Å². The van der Waals surface area contributed by atoms with Crippen LogP contribution in [0.15, 0.2) is 0 Å². The first kappa shape index (κ1) is 14.5. The molecule has 4 heteroatoms. The van der Waals surface area contributed by atoms with E-state index in [-0.39, 0.29) is 5.92 Å². The molecule has 4 nitrogen and oxygen atoms in total. The highest BCUT2D eigenvalue weighted by molar-refractivity contribution is 5.79. The number of carboxylic acid groups (broad SMARTS) is 1. The Balaban J connectivity index is 2.44. The van der Waals surface area contributed by atoms with Crippen molar-refractivity contribution >= 4 is 5.97 Å². The third kappa shape index (κ3) is 3.68. The molecule has 1 aliphatic rings. The van der Waals surface area contributed by atoms with Gasteiger partial charge in [0.05, 0.1) is 0 Å². The number of ether oxygens (including phenoxy) is 1. The second-order valence-corrected chi connectivity index (χ2v) is 5.05. The number of methoxy groups -OCH3 is 1. The average Bonchev–Trinajstić information content (AvgIpc) is 2.31. The van der Waals surface area contributed by atoms with E-state index in [1.807, 2.05) is 0 Å². The Hall–Kier alpha value is -0.610. The van der Waals surface area contributed by atoms with Gasteiger partial charge in [-0.2, -0.15) is 0 Å². The van der Waals surface area contributed by atoms with Gasteiger partial charge in [0.2, 0.25) is 0 Å². The number of nitrogens with one attached hydrogen (secondary N) is 1. The number of carbonyl (C=O) groups is 1. The normalized spacial score (nSPS) is 29.2. The maximum Gasteiger partial charge on any atom is 0.324 e. The van der Waals surface area contributed by atoms with Crippen molar-refractivity contribution in [3.63, 3.8) is 0 Å². The number of aliphatic carboxylic acids is 1. The summed E-state index contributed by atoms with van der Waals surface area (Å²) in [5, 5.41) is 12.8. The quantitative estimate of drug-likeness (QED) is 0.672. The molecule has 0 bridgehead atoms. The van der Waals surface area contributed by atoms with Crippen molar-refractivity contribution in [2.75, 3.05) is 20.3 Å². The van der Waals surface area contributed by atoms with Crippen LogP contribution in [0, 0.1) is 5.92 Å². The lowest BCUT2D eigenvalue weighted by molar-refractivity contribution is -0.149. The highest BCUT2D eigenvalue weighted by Gasteiger charge is 2.44. The Kier molecular flexibility index (Phi) is 5.92. The van der Waals surface area contributed by atoms with Gasteiger partial charge in [0.1, 0.15) is 5.54 Å². The maximum absolute atomic E-state index is 11.5. The molecule has 0 aliphatic heterocycles. The molecule has 0 heterocycles. The minimum absolute atomic E-state index is 0.219. The lowest BCUT2D eigenvalue weighted by Crippen LogP contribution is -2.58. The van der Waals surface area contributed by atoms with Crippen LogP contribution >= 0.6 is 0 Å².